The first-order chi connectivity index (χ1) is 22.4. The topological polar surface area (TPSA) is 252 Å². The van der Waals surface area contributed by atoms with Gasteiger partial charge in [-0.15, -0.1) is 0 Å². The van der Waals surface area contributed by atoms with E-state index in [2.05, 4.69) is 10.3 Å². The maximum atomic E-state index is 14.0. The van der Waals surface area contributed by atoms with Gasteiger partial charge in [-0.1, -0.05) is 24.3 Å². The fourth-order valence-electron chi connectivity index (χ4n) is 5.49. The first kappa shape index (κ1) is 32.7. The Bertz CT molecular complexity index is 2930. The summed E-state index contributed by atoms with van der Waals surface area (Å²) in [7, 11) is -13.7. The van der Waals surface area contributed by atoms with E-state index < -0.39 is 72.7 Å². The van der Waals surface area contributed by atoms with Crippen molar-refractivity contribution < 1.29 is 48.8 Å². The van der Waals surface area contributed by atoms with E-state index in [9.17, 15) is 53.6 Å². The molecule has 0 bridgehead atoms. The lowest BCUT2D eigenvalue weighted by Crippen LogP contribution is -2.33. The van der Waals surface area contributed by atoms with Gasteiger partial charge in [0, 0.05) is 21.4 Å². The molecule has 1 heterocycles. The van der Waals surface area contributed by atoms with Crippen LogP contribution >= 0.6 is 0 Å². The molecule has 48 heavy (non-hydrogen) atoms. The van der Waals surface area contributed by atoms with Crippen LogP contribution in [-0.4, -0.2) is 56.1 Å². The smallest absolute Gasteiger partial charge is 0.298 e. The summed E-state index contributed by atoms with van der Waals surface area (Å²) in [6.07, 6.45) is 0. The second kappa shape index (κ2) is 11.2. The van der Waals surface area contributed by atoms with Gasteiger partial charge in [0.2, 0.25) is 0 Å². The normalized spacial score (nSPS) is 13.2. The first-order valence-corrected chi connectivity index (χ1v) is 17.6. The number of methoxy groups -OCH3 is 1. The fourth-order valence-corrected chi connectivity index (χ4v) is 7.43. The molecule has 0 aromatic heterocycles. The van der Waals surface area contributed by atoms with Gasteiger partial charge in [0.1, 0.15) is 21.3 Å². The van der Waals surface area contributed by atoms with Crippen LogP contribution in [0.4, 0.5) is 11.4 Å². The average Bonchev–Trinajstić information content (AvgIpc) is 3.01. The van der Waals surface area contributed by atoms with Gasteiger partial charge in [0.25, 0.3) is 35.9 Å². The van der Waals surface area contributed by atoms with Gasteiger partial charge in [-0.2, -0.15) is 25.3 Å². The van der Waals surface area contributed by atoms with Crippen molar-refractivity contribution in [3.05, 3.63) is 115 Å². The van der Waals surface area contributed by atoms with Crippen molar-refractivity contribution in [3.8, 4) is 5.75 Å². The number of rotatable bonds is 7. The lowest BCUT2D eigenvalue weighted by Gasteiger charge is -2.15. The summed E-state index contributed by atoms with van der Waals surface area (Å²) < 4.78 is 106. The van der Waals surface area contributed by atoms with Crippen LogP contribution in [0.2, 0.25) is 0 Å². The Morgan fingerprint density at radius 3 is 2.00 bits per heavy atom. The van der Waals surface area contributed by atoms with Gasteiger partial charge in [-0.3, -0.25) is 23.2 Å². The van der Waals surface area contributed by atoms with Crippen LogP contribution in [0.1, 0.15) is 5.56 Å². The number of benzene rings is 4. The van der Waals surface area contributed by atoms with E-state index in [1.807, 2.05) is 0 Å². The van der Waals surface area contributed by atoms with Crippen LogP contribution in [0.25, 0.3) is 27.4 Å². The van der Waals surface area contributed by atoms with Crippen molar-refractivity contribution >= 4 is 69.2 Å². The summed E-state index contributed by atoms with van der Waals surface area (Å²) in [5.41, 5.74) is -2.33. The Hall–Kier alpha value is -5.24. The number of ether oxygens (including phenoxy) is 1. The Labute approximate surface area is 269 Å². The number of fused-ring (bicyclic) bond motifs is 2. The summed E-state index contributed by atoms with van der Waals surface area (Å²) in [4.78, 5) is 29.1. The molecular formula is C30H20N2O13S3. The molecule has 0 unspecified atom stereocenters. The lowest BCUT2D eigenvalue weighted by atomic mass is 9.96. The molecule has 1 aliphatic carbocycles. The van der Waals surface area contributed by atoms with Crippen molar-refractivity contribution in [1.29, 1.82) is 0 Å². The number of nitrogens with zero attached hydrogens (tertiary/aromatic N) is 1. The molecule has 246 valence electrons. The van der Waals surface area contributed by atoms with E-state index in [1.165, 1.54) is 36.4 Å². The minimum atomic E-state index is -5.11. The zero-order valence-corrected chi connectivity index (χ0v) is 26.5. The van der Waals surface area contributed by atoms with Crippen LogP contribution < -0.4 is 26.3 Å². The monoisotopic (exact) mass is 712 g/mol. The van der Waals surface area contributed by atoms with Crippen molar-refractivity contribution in [2.24, 2.45) is 0 Å². The summed E-state index contributed by atoms with van der Waals surface area (Å²) in [6, 6.07) is 14.2. The number of aliphatic hydroxyl groups excluding tert-OH is 1. The highest BCUT2D eigenvalue weighted by Gasteiger charge is 2.24. The number of anilines is 2. The second-order valence-electron chi connectivity index (χ2n) is 10.3. The molecule has 4 aromatic carbocycles. The largest absolute Gasteiger partial charge is 0.506 e. The average molecular weight is 713 g/mol. The minimum Gasteiger partial charge on any atom is -0.506 e. The van der Waals surface area contributed by atoms with E-state index >= 15 is 0 Å². The van der Waals surface area contributed by atoms with Crippen molar-refractivity contribution in [1.82, 2.24) is 4.98 Å². The van der Waals surface area contributed by atoms with Gasteiger partial charge in [-0.05, 0) is 53.9 Å². The summed E-state index contributed by atoms with van der Waals surface area (Å²) >= 11 is 0. The molecule has 2 aliphatic rings. The number of aliphatic hydroxyl groups is 1. The van der Waals surface area contributed by atoms with Crippen LogP contribution in [0.3, 0.4) is 0 Å². The highest BCUT2D eigenvalue weighted by Crippen LogP contribution is 2.32. The summed E-state index contributed by atoms with van der Waals surface area (Å²) in [6.45, 7) is 0. The van der Waals surface area contributed by atoms with Gasteiger partial charge in [0.05, 0.1) is 39.5 Å². The van der Waals surface area contributed by atoms with Gasteiger partial charge >= 0.3 is 0 Å². The fraction of sp³-hybridized carbons (Fsp3) is 0.0333. The third kappa shape index (κ3) is 5.45. The second-order valence-corrected chi connectivity index (χ2v) is 14.5. The van der Waals surface area contributed by atoms with Crippen LogP contribution in [0.5, 0.6) is 5.75 Å². The zero-order chi connectivity index (χ0) is 34.9. The molecule has 0 saturated heterocycles. The third-order valence-corrected chi connectivity index (χ3v) is 10.2. The molecule has 0 fully saturated rings. The number of nitrogens with one attached hydrogen (secondary N) is 1. The van der Waals surface area contributed by atoms with Gasteiger partial charge in [0.15, 0.2) is 5.43 Å². The molecular weight excluding hydrogens is 693 g/mol. The molecule has 0 amide bonds. The highest BCUT2D eigenvalue weighted by molar-refractivity contribution is 7.86. The predicted octanol–water partition coefficient (Wildman–Crippen LogP) is 2.20. The Morgan fingerprint density at radius 1 is 0.729 bits per heavy atom. The van der Waals surface area contributed by atoms with Crippen LogP contribution in [0, 0.1) is 10.4 Å². The Kier molecular flexibility index (Phi) is 7.62. The lowest BCUT2D eigenvalue weighted by molar-refractivity contribution is 0.397. The molecule has 0 saturated carbocycles. The van der Waals surface area contributed by atoms with Gasteiger partial charge < -0.3 is 15.2 Å². The molecule has 4 aromatic rings. The molecule has 0 radical (unpaired) electrons. The molecule has 0 atom stereocenters. The number of hydrogen-bond acceptors (Lipinski definition) is 12. The zero-order valence-electron chi connectivity index (χ0n) is 24.1. The Balaban J connectivity index is 1.78. The first-order valence-electron chi connectivity index (χ1n) is 13.3. The maximum Gasteiger partial charge on any atom is 0.298 e. The van der Waals surface area contributed by atoms with Crippen LogP contribution in [-0.2, 0) is 30.4 Å². The van der Waals surface area contributed by atoms with E-state index in [1.54, 1.807) is 6.07 Å². The van der Waals surface area contributed by atoms with E-state index in [0.29, 0.717) is 6.07 Å². The minimum absolute atomic E-state index is 0.0114. The molecule has 18 heteroatoms. The van der Waals surface area contributed by atoms with Gasteiger partial charge in [-0.25, -0.2) is 4.98 Å². The summed E-state index contributed by atoms with van der Waals surface area (Å²) in [5, 5.41) is 13.9. The van der Waals surface area contributed by atoms with Crippen molar-refractivity contribution in [2.45, 2.75) is 14.7 Å². The third-order valence-electron chi connectivity index (χ3n) is 7.54. The molecule has 0 spiro atoms. The quantitative estimate of drug-likeness (QED) is 0.149. The standard InChI is InChI=1S/C30H20N2O13S3/c1-45-21-11-6-14(12-23(21)48(42,43)44)28(33)27-24-16-4-2-3-5-17(16)29(34)26-20(10-9-19(25(24)26)32-30(27)35)31-18-8-7-15(46(36,37)38)13-22(18)47(39,40)41/h2-13,31,33H,1H3,(H,36,37,38)(H,39,40,41)(H,42,43,44). The molecule has 5 N–H and O–H groups in total. The maximum absolute atomic E-state index is 14.0. The van der Waals surface area contributed by atoms with E-state index in [-0.39, 0.29) is 49.1 Å². The highest BCUT2D eigenvalue weighted by atomic mass is 32.2. The SMILES string of the molecule is COc1ccc(C(O)=c2c(=O)nc3ccc(Nc4ccc(S(=O)(=O)O)cc4S(=O)(=O)O)c4c3=c2c2ccccc2c4=O)cc1S(=O)(=O)O. The Morgan fingerprint density at radius 2 is 1.38 bits per heavy atom. The van der Waals surface area contributed by atoms with Crippen molar-refractivity contribution in [2.75, 3.05) is 12.4 Å². The number of aromatic nitrogens is 1. The van der Waals surface area contributed by atoms with E-state index in [0.717, 1.165) is 31.4 Å². The predicted molar refractivity (Wildman–Crippen MR) is 171 cm³/mol. The number of hydrogen-bond donors (Lipinski definition) is 5. The van der Waals surface area contributed by atoms with Crippen LogP contribution in [0.15, 0.2) is 97.1 Å². The summed E-state index contributed by atoms with van der Waals surface area (Å²) in [5.74, 6) is -1.02. The molecule has 1 aliphatic heterocycles. The van der Waals surface area contributed by atoms with E-state index in [4.69, 9.17) is 4.74 Å². The molecule has 6 rings (SSSR count). The van der Waals surface area contributed by atoms with Crippen molar-refractivity contribution in [3.63, 3.8) is 0 Å². The molecule has 15 nitrogen and oxygen atoms in total.